The number of carbonyl (C=O) groups excluding carboxylic acids is 1. The number of rotatable bonds is 6. The number of hydrogen-bond acceptors (Lipinski definition) is 4. The Balaban J connectivity index is 2.29. The quantitative estimate of drug-likeness (QED) is 0.750. The first-order valence-corrected chi connectivity index (χ1v) is 5.29. The second kappa shape index (κ2) is 6.71. The molecule has 0 saturated carbocycles. The second-order valence-corrected chi connectivity index (χ2v) is 3.21. The van der Waals surface area contributed by atoms with Gasteiger partial charge < -0.3 is 14.8 Å². The highest BCUT2D eigenvalue weighted by atomic mass is 16.5. The van der Waals surface area contributed by atoms with E-state index in [1.807, 2.05) is 24.3 Å². The van der Waals surface area contributed by atoms with Crippen molar-refractivity contribution in [3.63, 3.8) is 0 Å². The van der Waals surface area contributed by atoms with Gasteiger partial charge in [-0.25, -0.2) is 0 Å². The lowest BCUT2D eigenvalue weighted by Gasteiger charge is -2.06. The molecule has 0 aliphatic rings. The van der Waals surface area contributed by atoms with Gasteiger partial charge in [-0.05, 0) is 31.2 Å². The highest BCUT2D eigenvalue weighted by Crippen LogP contribution is 2.14. The van der Waals surface area contributed by atoms with Crippen molar-refractivity contribution < 1.29 is 14.3 Å². The average molecular weight is 223 g/mol. The number of ether oxygens (including phenoxy) is 2. The van der Waals surface area contributed by atoms with E-state index in [0.29, 0.717) is 19.6 Å². The molecule has 4 heteroatoms. The molecule has 88 valence electrons. The molecule has 0 bridgehead atoms. The Labute approximate surface area is 95.6 Å². The van der Waals surface area contributed by atoms with Crippen molar-refractivity contribution in [1.82, 2.24) is 0 Å². The van der Waals surface area contributed by atoms with E-state index in [0.717, 1.165) is 11.4 Å². The third-order valence-corrected chi connectivity index (χ3v) is 2.05. The van der Waals surface area contributed by atoms with Crippen LogP contribution in [0.1, 0.15) is 13.3 Å². The topological polar surface area (TPSA) is 47.6 Å². The summed E-state index contributed by atoms with van der Waals surface area (Å²) in [5, 5.41) is 3.13. The van der Waals surface area contributed by atoms with E-state index in [4.69, 9.17) is 9.47 Å². The van der Waals surface area contributed by atoms with Gasteiger partial charge in [-0.3, -0.25) is 4.79 Å². The van der Waals surface area contributed by atoms with E-state index >= 15 is 0 Å². The van der Waals surface area contributed by atoms with Crippen molar-refractivity contribution in [3.8, 4) is 5.75 Å². The van der Waals surface area contributed by atoms with Gasteiger partial charge in [0.15, 0.2) is 0 Å². The number of benzene rings is 1. The monoisotopic (exact) mass is 223 g/mol. The zero-order valence-electron chi connectivity index (χ0n) is 9.66. The first-order chi connectivity index (χ1) is 7.76. The molecule has 4 nitrogen and oxygen atoms in total. The minimum Gasteiger partial charge on any atom is -0.497 e. The molecule has 0 aliphatic heterocycles. The highest BCUT2D eigenvalue weighted by Gasteiger charge is 2.00. The second-order valence-electron chi connectivity index (χ2n) is 3.21. The summed E-state index contributed by atoms with van der Waals surface area (Å²) in [6.45, 7) is 2.81. The summed E-state index contributed by atoms with van der Waals surface area (Å²) >= 11 is 0. The molecule has 1 rings (SSSR count). The lowest BCUT2D eigenvalue weighted by molar-refractivity contribution is -0.142. The molecule has 0 aromatic heterocycles. The smallest absolute Gasteiger partial charge is 0.307 e. The van der Waals surface area contributed by atoms with Crippen molar-refractivity contribution >= 4 is 11.7 Å². The van der Waals surface area contributed by atoms with Crippen molar-refractivity contribution in [2.24, 2.45) is 0 Å². The zero-order chi connectivity index (χ0) is 11.8. The Bertz CT molecular complexity index is 322. The van der Waals surface area contributed by atoms with Crippen LogP contribution in [0, 0.1) is 0 Å². The number of hydrogen-bond donors (Lipinski definition) is 1. The van der Waals surface area contributed by atoms with Crippen LogP contribution >= 0.6 is 0 Å². The van der Waals surface area contributed by atoms with Gasteiger partial charge in [0.25, 0.3) is 0 Å². The van der Waals surface area contributed by atoms with E-state index in [2.05, 4.69) is 5.32 Å². The summed E-state index contributed by atoms with van der Waals surface area (Å²) in [4.78, 5) is 11.1. The summed E-state index contributed by atoms with van der Waals surface area (Å²) in [5.74, 6) is 0.638. The van der Waals surface area contributed by atoms with E-state index < -0.39 is 0 Å². The van der Waals surface area contributed by atoms with Crippen LogP contribution in [-0.2, 0) is 9.53 Å². The molecule has 0 spiro atoms. The normalized spacial score (nSPS) is 9.62. The molecule has 0 amide bonds. The Morgan fingerprint density at radius 3 is 2.56 bits per heavy atom. The van der Waals surface area contributed by atoms with Crippen LogP contribution in [0.15, 0.2) is 24.3 Å². The number of nitrogens with one attached hydrogen (secondary N) is 1. The SMILES string of the molecule is CCOC(=O)CCNc1ccc(OC)cc1. The maximum Gasteiger partial charge on any atom is 0.307 e. The van der Waals surface area contributed by atoms with Crippen LogP contribution in [0.4, 0.5) is 5.69 Å². The molecule has 0 aliphatic carbocycles. The average Bonchev–Trinajstić information content (AvgIpc) is 2.30. The van der Waals surface area contributed by atoms with Crippen LogP contribution < -0.4 is 10.1 Å². The van der Waals surface area contributed by atoms with E-state index in [1.165, 1.54) is 0 Å². The summed E-state index contributed by atoms with van der Waals surface area (Å²) in [6.07, 6.45) is 0.375. The molecular weight excluding hydrogens is 206 g/mol. The fourth-order valence-corrected chi connectivity index (χ4v) is 1.25. The van der Waals surface area contributed by atoms with E-state index in [-0.39, 0.29) is 5.97 Å². The minimum atomic E-state index is -0.177. The molecule has 0 atom stereocenters. The molecule has 1 N–H and O–H groups in total. The first-order valence-electron chi connectivity index (χ1n) is 5.29. The van der Waals surface area contributed by atoms with Crippen LogP contribution in [0.3, 0.4) is 0 Å². The minimum absolute atomic E-state index is 0.177. The molecular formula is C12H17NO3. The number of esters is 1. The molecule has 0 radical (unpaired) electrons. The Morgan fingerprint density at radius 1 is 1.31 bits per heavy atom. The van der Waals surface area contributed by atoms with Gasteiger partial charge in [0, 0.05) is 12.2 Å². The van der Waals surface area contributed by atoms with Crippen LogP contribution in [0.5, 0.6) is 5.75 Å². The lowest BCUT2D eigenvalue weighted by atomic mass is 10.3. The third-order valence-electron chi connectivity index (χ3n) is 2.05. The Morgan fingerprint density at radius 2 is 2.00 bits per heavy atom. The van der Waals surface area contributed by atoms with Gasteiger partial charge in [-0.1, -0.05) is 0 Å². The standard InChI is InChI=1S/C12H17NO3/c1-3-16-12(14)8-9-13-10-4-6-11(15-2)7-5-10/h4-7,13H,3,8-9H2,1-2H3. The van der Waals surface area contributed by atoms with Gasteiger partial charge in [0.2, 0.25) is 0 Å². The number of methoxy groups -OCH3 is 1. The highest BCUT2D eigenvalue weighted by molar-refractivity contribution is 5.70. The molecule has 0 saturated heterocycles. The Hall–Kier alpha value is -1.71. The van der Waals surface area contributed by atoms with Gasteiger partial charge in [0.1, 0.15) is 5.75 Å². The van der Waals surface area contributed by atoms with Crippen LogP contribution in [-0.4, -0.2) is 26.2 Å². The molecule has 16 heavy (non-hydrogen) atoms. The van der Waals surface area contributed by atoms with Crippen LogP contribution in [0.2, 0.25) is 0 Å². The van der Waals surface area contributed by atoms with Crippen molar-refractivity contribution in [3.05, 3.63) is 24.3 Å². The van der Waals surface area contributed by atoms with E-state index in [9.17, 15) is 4.79 Å². The zero-order valence-corrected chi connectivity index (χ0v) is 9.66. The van der Waals surface area contributed by atoms with Crippen molar-refractivity contribution in [1.29, 1.82) is 0 Å². The van der Waals surface area contributed by atoms with Crippen molar-refractivity contribution in [2.75, 3.05) is 25.6 Å². The molecule has 1 aromatic rings. The predicted octanol–water partition coefficient (Wildman–Crippen LogP) is 2.06. The molecule has 0 heterocycles. The number of carbonyl (C=O) groups is 1. The van der Waals surface area contributed by atoms with Gasteiger partial charge in [0.05, 0.1) is 20.1 Å². The largest absolute Gasteiger partial charge is 0.497 e. The predicted molar refractivity (Wildman–Crippen MR) is 62.7 cm³/mol. The van der Waals surface area contributed by atoms with Crippen LogP contribution in [0.25, 0.3) is 0 Å². The lowest BCUT2D eigenvalue weighted by Crippen LogP contribution is -2.11. The summed E-state index contributed by atoms with van der Waals surface area (Å²) in [5.41, 5.74) is 0.963. The summed E-state index contributed by atoms with van der Waals surface area (Å²) < 4.78 is 9.86. The molecule has 0 fully saturated rings. The number of anilines is 1. The summed E-state index contributed by atoms with van der Waals surface area (Å²) in [6, 6.07) is 7.55. The molecule has 0 unspecified atom stereocenters. The Kier molecular flexibility index (Phi) is 5.19. The fraction of sp³-hybridized carbons (Fsp3) is 0.417. The molecule has 1 aromatic carbocycles. The first kappa shape index (κ1) is 12.4. The van der Waals surface area contributed by atoms with Gasteiger partial charge in [-0.2, -0.15) is 0 Å². The fourth-order valence-electron chi connectivity index (χ4n) is 1.25. The third kappa shape index (κ3) is 4.21. The van der Waals surface area contributed by atoms with Gasteiger partial charge >= 0.3 is 5.97 Å². The van der Waals surface area contributed by atoms with Crippen molar-refractivity contribution in [2.45, 2.75) is 13.3 Å². The maximum atomic E-state index is 11.1. The summed E-state index contributed by atoms with van der Waals surface area (Å²) in [7, 11) is 1.63. The maximum absolute atomic E-state index is 11.1. The van der Waals surface area contributed by atoms with E-state index in [1.54, 1.807) is 14.0 Å². The van der Waals surface area contributed by atoms with Gasteiger partial charge in [-0.15, -0.1) is 0 Å².